The zero-order chi connectivity index (χ0) is 10.0. The van der Waals surface area contributed by atoms with Crippen LogP contribution in [0.15, 0.2) is 16.6 Å². The van der Waals surface area contributed by atoms with Crippen LogP contribution in [0.25, 0.3) is 0 Å². The van der Waals surface area contributed by atoms with Crippen LogP contribution in [0, 0.1) is 5.82 Å². The molecule has 70 valence electrons. The molecule has 0 saturated carbocycles. The molecule has 0 aromatic heterocycles. The van der Waals surface area contributed by atoms with Crippen molar-refractivity contribution in [2.45, 2.75) is 0 Å². The predicted octanol–water partition coefficient (Wildman–Crippen LogP) is 2.60. The van der Waals surface area contributed by atoms with Crippen LogP contribution < -0.4 is 5.32 Å². The molecule has 1 amide bonds. The molecule has 0 aliphatic rings. The topological polar surface area (TPSA) is 29.1 Å². The van der Waals surface area contributed by atoms with E-state index in [9.17, 15) is 9.18 Å². The summed E-state index contributed by atoms with van der Waals surface area (Å²) in [4.78, 5) is 11.2. The molecular formula is C8H6BrClFNO. The molecule has 1 aromatic rings. The first-order valence-corrected chi connectivity index (χ1v) is 4.60. The zero-order valence-electron chi connectivity index (χ0n) is 6.70. The molecule has 0 saturated heterocycles. The van der Waals surface area contributed by atoms with Crippen molar-refractivity contribution in [2.75, 3.05) is 7.05 Å². The van der Waals surface area contributed by atoms with Crippen LogP contribution in [0.5, 0.6) is 0 Å². The third-order valence-corrected chi connectivity index (χ3v) is 2.49. The third-order valence-electron chi connectivity index (χ3n) is 1.46. The van der Waals surface area contributed by atoms with Crippen LogP contribution in [0.4, 0.5) is 4.39 Å². The molecule has 0 spiro atoms. The molecule has 1 aromatic carbocycles. The van der Waals surface area contributed by atoms with Crippen LogP contribution in [0.2, 0.25) is 5.02 Å². The standard InChI is InChI=1S/C8H6BrClFNO/c1-12-8(13)5-2-4(10)3-6(11)7(5)9/h2-3H,1H3,(H,12,13). The maximum Gasteiger partial charge on any atom is 0.252 e. The molecule has 0 atom stereocenters. The van der Waals surface area contributed by atoms with Gasteiger partial charge in [0, 0.05) is 12.1 Å². The minimum atomic E-state index is -0.550. The Labute approximate surface area is 88.2 Å². The molecule has 0 unspecified atom stereocenters. The highest BCUT2D eigenvalue weighted by Gasteiger charge is 2.13. The summed E-state index contributed by atoms with van der Waals surface area (Å²) in [5, 5.41) is 2.58. The lowest BCUT2D eigenvalue weighted by atomic mass is 10.2. The third kappa shape index (κ3) is 2.19. The quantitative estimate of drug-likeness (QED) is 0.778. The van der Waals surface area contributed by atoms with Crippen molar-refractivity contribution < 1.29 is 9.18 Å². The van der Waals surface area contributed by atoms with Crippen molar-refractivity contribution in [1.29, 1.82) is 0 Å². The van der Waals surface area contributed by atoms with E-state index >= 15 is 0 Å². The van der Waals surface area contributed by atoms with Gasteiger partial charge in [0.15, 0.2) is 0 Å². The van der Waals surface area contributed by atoms with Crippen molar-refractivity contribution in [3.8, 4) is 0 Å². The maximum atomic E-state index is 13.0. The molecule has 0 radical (unpaired) electrons. The first-order chi connectivity index (χ1) is 6.06. The van der Waals surface area contributed by atoms with E-state index in [-0.39, 0.29) is 21.0 Å². The average molecular weight is 266 g/mol. The molecule has 0 aliphatic heterocycles. The second kappa shape index (κ2) is 4.07. The summed E-state index contributed by atoms with van der Waals surface area (Å²) in [7, 11) is 1.47. The summed E-state index contributed by atoms with van der Waals surface area (Å²) in [6.45, 7) is 0. The monoisotopic (exact) mass is 265 g/mol. The van der Waals surface area contributed by atoms with Gasteiger partial charge in [0.1, 0.15) is 5.82 Å². The summed E-state index contributed by atoms with van der Waals surface area (Å²) in [6.07, 6.45) is 0. The second-order valence-corrected chi connectivity index (χ2v) is 3.56. The van der Waals surface area contributed by atoms with Crippen LogP contribution in [0.3, 0.4) is 0 Å². The van der Waals surface area contributed by atoms with Gasteiger partial charge in [0.25, 0.3) is 5.91 Å². The number of benzene rings is 1. The highest BCUT2D eigenvalue weighted by Crippen LogP contribution is 2.24. The van der Waals surface area contributed by atoms with Gasteiger partial charge < -0.3 is 5.32 Å². The molecule has 1 N–H and O–H groups in total. The lowest BCUT2D eigenvalue weighted by Crippen LogP contribution is -2.18. The number of nitrogens with one attached hydrogen (secondary N) is 1. The van der Waals surface area contributed by atoms with Gasteiger partial charge in [-0.05, 0) is 28.1 Å². The molecule has 0 fully saturated rings. The summed E-state index contributed by atoms with van der Waals surface area (Å²) in [6, 6.07) is 2.53. The van der Waals surface area contributed by atoms with Crippen molar-refractivity contribution in [2.24, 2.45) is 0 Å². The van der Waals surface area contributed by atoms with Crippen molar-refractivity contribution >= 4 is 33.4 Å². The van der Waals surface area contributed by atoms with Gasteiger partial charge in [0.2, 0.25) is 0 Å². The fraction of sp³-hybridized carbons (Fsp3) is 0.125. The summed E-state index contributed by atoms with van der Waals surface area (Å²) in [5.74, 6) is -0.931. The number of amides is 1. The summed E-state index contributed by atoms with van der Waals surface area (Å²) < 4.78 is 13.1. The van der Waals surface area contributed by atoms with Gasteiger partial charge in [0.05, 0.1) is 10.0 Å². The van der Waals surface area contributed by atoms with Gasteiger partial charge in [-0.1, -0.05) is 11.6 Å². The van der Waals surface area contributed by atoms with Crippen molar-refractivity contribution in [1.82, 2.24) is 5.32 Å². The van der Waals surface area contributed by atoms with E-state index in [1.54, 1.807) is 0 Å². The number of carbonyl (C=O) groups is 1. The SMILES string of the molecule is CNC(=O)c1cc(Cl)cc(F)c1Br. The number of rotatable bonds is 1. The Morgan fingerprint density at radius 3 is 2.77 bits per heavy atom. The van der Waals surface area contributed by atoms with E-state index in [0.717, 1.165) is 6.07 Å². The Bertz CT molecular complexity index is 356. The molecule has 1 rings (SSSR count). The summed E-state index contributed by atoms with van der Waals surface area (Å²) >= 11 is 8.54. The smallest absolute Gasteiger partial charge is 0.252 e. The summed E-state index contributed by atoms with van der Waals surface area (Å²) in [5.41, 5.74) is 0.188. The van der Waals surface area contributed by atoms with Crippen LogP contribution in [-0.4, -0.2) is 13.0 Å². The number of hydrogen-bond acceptors (Lipinski definition) is 1. The predicted molar refractivity (Wildman–Crippen MR) is 52.5 cm³/mol. The van der Waals surface area contributed by atoms with Gasteiger partial charge in [-0.15, -0.1) is 0 Å². The van der Waals surface area contributed by atoms with Crippen LogP contribution in [-0.2, 0) is 0 Å². The fourth-order valence-corrected chi connectivity index (χ4v) is 1.47. The lowest BCUT2D eigenvalue weighted by molar-refractivity contribution is 0.0962. The van der Waals surface area contributed by atoms with E-state index in [4.69, 9.17) is 11.6 Å². The van der Waals surface area contributed by atoms with E-state index in [1.807, 2.05) is 0 Å². The fourth-order valence-electron chi connectivity index (χ4n) is 0.856. The van der Waals surface area contributed by atoms with Gasteiger partial charge >= 0.3 is 0 Å². The highest BCUT2D eigenvalue weighted by atomic mass is 79.9. The van der Waals surface area contributed by atoms with Crippen molar-refractivity contribution in [3.63, 3.8) is 0 Å². The Kier molecular flexibility index (Phi) is 3.27. The zero-order valence-corrected chi connectivity index (χ0v) is 9.04. The van der Waals surface area contributed by atoms with E-state index in [0.29, 0.717) is 0 Å². The number of carbonyl (C=O) groups excluding carboxylic acids is 1. The molecule has 2 nitrogen and oxygen atoms in total. The van der Waals surface area contributed by atoms with Crippen LogP contribution in [0.1, 0.15) is 10.4 Å². The lowest BCUT2D eigenvalue weighted by Gasteiger charge is -2.04. The largest absolute Gasteiger partial charge is 0.355 e. The molecule has 13 heavy (non-hydrogen) atoms. The van der Waals surface area contributed by atoms with Gasteiger partial charge in [-0.2, -0.15) is 0 Å². The van der Waals surface area contributed by atoms with E-state index < -0.39 is 5.82 Å². The van der Waals surface area contributed by atoms with Gasteiger partial charge in [-0.3, -0.25) is 4.79 Å². The first-order valence-electron chi connectivity index (χ1n) is 3.43. The van der Waals surface area contributed by atoms with E-state index in [1.165, 1.54) is 13.1 Å². The first kappa shape index (κ1) is 10.5. The molecule has 0 heterocycles. The molecular weight excluding hydrogens is 260 g/mol. The molecule has 0 bridgehead atoms. The highest BCUT2D eigenvalue weighted by molar-refractivity contribution is 9.10. The number of hydrogen-bond donors (Lipinski definition) is 1. The minimum absolute atomic E-state index is 0.122. The Morgan fingerprint density at radius 1 is 1.62 bits per heavy atom. The van der Waals surface area contributed by atoms with Crippen LogP contribution >= 0.6 is 27.5 Å². The second-order valence-electron chi connectivity index (χ2n) is 2.33. The average Bonchev–Trinajstić information content (AvgIpc) is 2.10. The maximum absolute atomic E-state index is 13.0. The minimum Gasteiger partial charge on any atom is -0.355 e. The Hall–Kier alpha value is -0.610. The molecule has 0 aliphatic carbocycles. The molecule has 5 heteroatoms. The Morgan fingerprint density at radius 2 is 2.23 bits per heavy atom. The Balaban J connectivity index is 3.28. The van der Waals surface area contributed by atoms with E-state index in [2.05, 4.69) is 21.2 Å². The van der Waals surface area contributed by atoms with Crippen molar-refractivity contribution in [3.05, 3.63) is 33.0 Å². The van der Waals surface area contributed by atoms with Gasteiger partial charge in [-0.25, -0.2) is 4.39 Å². The number of halogens is 3. The normalized spacial score (nSPS) is 9.85.